The quantitative estimate of drug-likeness (QED) is 0.875. The zero-order chi connectivity index (χ0) is 17.3. The number of hydrogen-bond acceptors (Lipinski definition) is 4. The first-order valence-electron chi connectivity index (χ1n) is 8.40. The van der Waals surface area contributed by atoms with Crippen LogP contribution in [0.5, 0.6) is 0 Å². The van der Waals surface area contributed by atoms with Crippen LogP contribution in [0.2, 0.25) is 0 Å². The summed E-state index contributed by atoms with van der Waals surface area (Å²) in [6.07, 6.45) is -0.150. The van der Waals surface area contributed by atoms with Crippen LogP contribution >= 0.6 is 0 Å². The molecule has 3 rings (SSSR count). The molecule has 1 aromatic carbocycles. The summed E-state index contributed by atoms with van der Waals surface area (Å²) in [5.74, 6) is -1.29. The van der Waals surface area contributed by atoms with Gasteiger partial charge in [-0.3, -0.25) is 9.59 Å². The van der Waals surface area contributed by atoms with Crippen LogP contribution in [0, 0.1) is 5.92 Å². The van der Waals surface area contributed by atoms with Crippen molar-refractivity contribution >= 4 is 11.8 Å². The molecule has 2 N–H and O–H groups in total. The Labute approximate surface area is 141 Å². The fourth-order valence-electron chi connectivity index (χ4n) is 3.53. The normalized spacial score (nSPS) is 30.6. The van der Waals surface area contributed by atoms with E-state index in [9.17, 15) is 9.59 Å². The lowest BCUT2D eigenvalue weighted by atomic mass is 10.0. The van der Waals surface area contributed by atoms with E-state index >= 15 is 0 Å². The van der Waals surface area contributed by atoms with Crippen LogP contribution < -0.4 is 10.6 Å². The Morgan fingerprint density at radius 3 is 2.50 bits per heavy atom. The highest BCUT2D eigenvalue weighted by atomic mass is 16.8. The smallest absolute Gasteiger partial charge is 0.251 e. The van der Waals surface area contributed by atoms with Crippen molar-refractivity contribution in [3.05, 3.63) is 35.9 Å². The van der Waals surface area contributed by atoms with Crippen molar-refractivity contribution in [3.8, 4) is 0 Å². The van der Waals surface area contributed by atoms with Crippen molar-refractivity contribution < 1.29 is 19.1 Å². The number of amides is 2. The van der Waals surface area contributed by atoms with Gasteiger partial charge in [-0.2, -0.15) is 0 Å². The lowest BCUT2D eigenvalue weighted by Crippen LogP contribution is -2.43. The number of fused-ring (bicyclic) bond motifs is 1. The highest BCUT2D eigenvalue weighted by Crippen LogP contribution is 2.41. The number of carbonyl (C=O) groups excluding carboxylic acids is 2. The zero-order valence-electron chi connectivity index (χ0n) is 14.2. The third kappa shape index (κ3) is 3.30. The molecular weight excluding hydrogens is 308 g/mol. The van der Waals surface area contributed by atoms with Crippen molar-refractivity contribution in [2.75, 3.05) is 6.54 Å². The molecule has 2 aliphatic rings. The van der Waals surface area contributed by atoms with Gasteiger partial charge in [0.1, 0.15) is 12.2 Å². The predicted molar refractivity (Wildman–Crippen MR) is 88.3 cm³/mol. The number of nitrogens with one attached hydrogen (secondary N) is 2. The zero-order valence-corrected chi connectivity index (χ0v) is 14.2. The lowest BCUT2D eigenvalue weighted by Gasteiger charge is -2.23. The van der Waals surface area contributed by atoms with Crippen molar-refractivity contribution in [2.24, 2.45) is 5.92 Å². The van der Waals surface area contributed by atoms with Crippen LogP contribution in [-0.4, -0.2) is 42.4 Å². The van der Waals surface area contributed by atoms with Crippen molar-refractivity contribution in [2.45, 2.75) is 51.2 Å². The SMILES string of the molecule is CCNC(=O)C1C[C@@H](NC(=O)c2ccccc2)[C@H]2OC(C)(C)O[C@@H]12. The summed E-state index contributed by atoms with van der Waals surface area (Å²) in [6, 6.07) is 8.78. The van der Waals surface area contributed by atoms with Gasteiger partial charge in [0.05, 0.1) is 12.0 Å². The minimum Gasteiger partial charge on any atom is -0.356 e. The average molecular weight is 332 g/mol. The standard InChI is InChI=1S/C18H24N2O4/c1-4-19-17(22)12-10-13(15-14(12)23-18(2,3)24-15)20-16(21)11-8-6-5-7-9-11/h5-9,12-15H,4,10H2,1-3H3,(H,19,22)(H,20,21)/t12?,13-,14+,15-/m1/s1. The maximum absolute atomic E-state index is 12.4. The average Bonchev–Trinajstić information content (AvgIpc) is 3.02. The molecule has 2 amide bonds. The van der Waals surface area contributed by atoms with Gasteiger partial charge in [0.25, 0.3) is 5.91 Å². The summed E-state index contributed by atoms with van der Waals surface area (Å²) in [5.41, 5.74) is 0.591. The van der Waals surface area contributed by atoms with Gasteiger partial charge in [0.15, 0.2) is 5.79 Å². The van der Waals surface area contributed by atoms with E-state index < -0.39 is 5.79 Å². The molecule has 6 nitrogen and oxygen atoms in total. The molecule has 24 heavy (non-hydrogen) atoms. The van der Waals surface area contributed by atoms with Crippen molar-refractivity contribution in [1.82, 2.24) is 10.6 Å². The van der Waals surface area contributed by atoms with Crippen LogP contribution in [-0.2, 0) is 14.3 Å². The number of hydrogen-bond donors (Lipinski definition) is 2. The van der Waals surface area contributed by atoms with E-state index in [2.05, 4.69) is 10.6 Å². The second-order valence-electron chi connectivity index (χ2n) is 6.75. The van der Waals surface area contributed by atoms with Gasteiger partial charge in [-0.25, -0.2) is 0 Å². The third-order valence-electron chi connectivity index (χ3n) is 4.50. The second kappa shape index (κ2) is 6.53. The molecule has 1 heterocycles. The van der Waals surface area contributed by atoms with Gasteiger partial charge < -0.3 is 20.1 Å². The molecule has 0 spiro atoms. The molecule has 1 saturated heterocycles. The Hall–Kier alpha value is -1.92. The fraction of sp³-hybridized carbons (Fsp3) is 0.556. The minimum atomic E-state index is -0.754. The van der Waals surface area contributed by atoms with E-state index in [4.69, 9.17) is 9.47 Å². The van der Waals surface area contributed by atoms with Gasteiger partial charge in [0.2, 0.25) is 5.91 Å². The summed E-state index contributed by atoms with van der Waals surface area (Å²) in [4.78, 5) is 24.8. The van der Waals surface area contributed by atoms with E-state index in [1.54, 1.807) is 12.1 Å². The molecule has 1 saturated carbocycles. The lowest BCUT2D eigenvalue weighted by molar-refractivity contribution is -0.161. The van der Waals surface area contributed by atoms with Crippen LogP contribution in [0.15, 0.2) is 30.3 Å². The molecule has 6 heteroatoms. The summed E-state index contributed by atoms with van der Waals surface area (Å²) in [6.45, 7) is 6.11. The van der Waals surface area contributed by atoms with Gasteiger partial charge in [-0.15, -0.1) is 0 Å². The summed E-state index contributed by atoms with van der Waals surface area (Å²) < 4.78 is 11.9. The fourth-order valence-corrected chi connectivity index (χ4v) is 3.53. The van der Waals surface area contributed by atoms with Gasteiger partial charge in [-0.05, 0) is 39.3 Å². The monoisotopic (exact) mass is 332 g/mol. The Morgan fingerprint density at radius 2 is 1.83 bits per heavy atom. The van der Waals surface area contributed by atoms with Crippen LogP contribution in [0.25, 0.3) is 0 Å². The van der Waals surface area contributed by atoms with E-state index in [1.807, 2.05) is 39.0 Å². The second-order valence-corrected chi connectivity index (χ2v) is 6.75. The molecule has 1 aliphatic carbocycles. The number of benzene rings is 1. The molecule has 0 bridgehead atoms. The topological polar surface area (TPSA) is 76.7 Å². The van der Waals surface area contributed by atoms with E-state index in [-0.39, 0.29) is 36.0 Å². The van der Waals surface area contributed by atoms with Crippen molar-refractivity contribution in [3.63, 3.8) is 0 Å². The molecule has 1 aliphatic heterocycles. The maximum atomic E-state index is 12.4. The molecule has 2 fully saturated rings. The van der Waals surface area contributed by atoms with E-state index in [0.29, 0.717) is 18.5 Å². The number of rotatable bonds is 4. The molecule has 0 radical (unpaired) electrons. The highest BCUT2D eigenvalue weighted by molar-refractivity contribution is 5.94. The van der Waals surface area contributed by atoms with E-state index in [1.165, 1.54) is 0 Å². The summed E-state index contributed by atoms with van der Waals surface area (Å²) >= 11 is 0. The molecular formula is C18H24N2O4. The largest absolute Gasteiger partial charge is 0.356 e. The van der Waals surface area contributed by atoms with Gasteiger partial charge in [-0.1, -0.05) is 18.2 Å². The Morgan fingerprint density at radius 1 is 1.17 bits per heavy atom. The highest BCUT2D eigenvalue weighted by Gasteiger charge is 2.56. The Kier molecular flexibility index (Phi) is 4.60. The van der Waals surface area contributed by atoms with Crippen LogP contribution in [0.4, 0.5) is 0 Å². The summed E-state index contributed by atoms with van der Waals surface area (Å²) in [5, 5.41) is 5.85. The molecule has 0 aromatic heterocycles. The van der Waals surface area contributed by atoms with Gasteiger partial charge in [0, 0.05) is 12.1 Å². The number of carbonyl (C=O) groups is 2. The first-order valence-corrected chi connectivity index (χ1v) is 8.40. The maximum Gasteiger partial charge on any atom is 0.251 e. The first-order chi connectivity index (χ1) is 11.4. The molecule has 1 unspecified atom stereocenters. The predicted octanol–water partition coefficient (Wildman–Crippen LogP) is 1.46. The number of ether oxygens (including phenoxy) is 2. The molecule has 1 aromatic rings. The Balaban J connectivity index is 1.76. The van der Waals surface area contributed by atoms with Gasteiger partial charge >= 0.3 is 0 Å². The molecule has 130 valence electrons. The molecule has 4 atom stereocenters. The van der Waals surface area contributed by atoms with Crippen LogP contribution in [0.3, 0.4) is 0 Å². The third-order valence-corrected chi connectivity index (χ3v) is 4.50. The van der Waals surface area contributed by atoms with E-state index in [0.717, 1.165) is 0 Å². The minimum absolute atomic E-state index is 0.0507. The first kappa shape index (κ1) is 16.9. The Bertz CT molecular complexity index is 617. The summed E-state index contributed by atoms with van der Waals surface area (Å²) in [7, 11) is 0. The van der Waals surface area contributed by atoms with Crippen molar-refractivity contribution in [1.29, 1.82) is 0 Å². The van der Waals surface area contributed by atoms with Crippen LogP contribution in [0.1, 0.15) is 37.6 Å².